The van der Waals surface area contributed by atoms with Gasteiger partial charge in [0, 0.05) is 18.8 Å². The molecule has 110 valence electrons. The Hall–Kier alpha value is -2.08. The Morgan fingerprint density at radius 3 is 2.60 bits per heavy atom. The first-order valence-corrected chi connectivity index (χ1v) is 6.58. The molecule has 0 saturated heterocycles. The van der Waals surface area contributed by atoms with Crippen molar-refractivity contribution >= 4 is 17.7 Å². The van der Waals surface area contributed by atoms with E-state index in [2.05, 4.69) is 16.0 Å². The van der Waals surface area contributed by atoms with Gasteiger partial charge in [-0.05, 0) is 25.1 Å². The number of urea groups is 1. The van der Waals surface area contributed by atoms with Gasteiger partial charge in [-0.1, -0.05) is 25.1 Å². The third-order valence-corrected chi connectivity index (χ3v) is 2.98. The number of carbonyl (C=O) groups excluding carboxylic acids is 1. The van der Waals surface area contributed by atoms with E-state index in [1.54, 1.807) is 13.0 Å². The summed E-state index contributed by atoms with van der Waals surface area (Å²) >= 11 is 0. The molecule has 0 saturated carbocycles. The molecular weight excluding hydrogens is 258 g/mol. The van der Waals surface area contributed by atoms with E-state index in [4.69, 9.17) is 5.11 Å². The number of rotatable bonds is 7. The fourth-order valence-electron chi connectivity index (χ4n) is 1.78. The number of hydrogen-bond donors (Lipinski definition) is 4. The molecule has 0 bridgehead atoms. The summed E-state index contributed by atoms with van der Waals surface area (Å²) in [6.07, 6.45) is 0.478. The van der Waals surface area contributed by atoms with Crippen LogP contribution in [0.2, 0.25) is 0 Å². The SMILES string of the molecule is CCC(CNC(=O)Nc1ccccc1CNC)C(=O)O. The van der Waals surface area contributed by atoms with Crippen molar-refractivity contribution in [1.29, 1.82) is 0 Å². The summed E-state index contributed by atoms with van der Waals surface area (Å²) in [5.41, 5.74) is 1.68. The molecule has 0 radical (unpaired) electrons. The standard InChI is InChI=1S/C14H21N3O3/c1-3-10(13(18)19)9-16-14(20)17-12-7-5-4-6-11(12)8-15-2/h4-7,10,15H,3,8-9H2,1-2H3,(H,18,19)(H2,16,17,20). The minimum atomic E-state index is -0.900. The fraction of sp³-hybridized carbons (Fsp3) is 0.429. The van der Waals surface area contributed by atoms with Gasteiger partial charge in [0.15, 0.2) is 0 Å². The minimum Gasteiger partial charge on any atom is -0.481 e. The second kappa shape index (κ2) is 8.16. The van der Waals surface area contributed by atoms with Gasteiger partial charge in [0.2, 0.25) is 0 Å². The summed E-state index contributed by atoms with van der Waals surface area (Å²) in [6, 6.07) is 7.06. The number of carbonyl (C=O) groups is 2. The van der Waals surface area contributed by atoms with Crippen LogP contribution in [0.5, 0.6) is 0 Å². The Morgan fingerprint density at radius 1 is 1.30 bits per heavy atom. The summed E-state index contributed by atoms with van der Waals surface area (Å²) in [6.45, 7) is 2.54. The zero-order valence-electron chi connectivity index (χ0n) is 11.8. The molecule has 0 heterocycles. The average molecular weight is 279 g/mol. The number of benzene rings is 1. The summed E-state index contributed by atoms with van der Waals surface area (Å²) in [4.78, 5) is 22.6. The quantitative estimate of drug-likeness (QED) is 0.610. The second-order valence-corrected chi connectivity index (χ2v) is 4.47. The van der Waals surface area contributed by atoms with Gasteiger partial charge in [0.05, 0.1) is 5.92 Å². The average Bonchev–Trinajstić information content (AvgIpc) is 2.41. The molecule has 1 aromatic carbocycles. The molecule has 6 nitrogen and oxygen atoms in total. The van der Waals surface area contributed by atoms with E-state index < -0.39 is 17.9 Å². The van der Waals surface area contributed by atoms with E-state index in [1.807, 2.05) is 25.2 Å². The van der Waals surface area contributed by atoms with Crippen LogP contribution >= 0.6 is 0 Å². The highest BCUT2D eigenvalue weighted by Crippen LogP contribution is 2.14. The summed E-state index contributed by atoms with van der Waals surface area (Å²) < 4.78 is 0. The van der Waals surface area contributed by atoms with Crippen molar-refractivity contribution in [1.82, 2.24) is 10.6 Å². The van der Waals surface area contributed by atoms with Crippen LogP contribution in [0.25, 0.3) is 0 Å². The number of aliphatic carboxylic acids is 1. The molecule has 1 atom stereocenters. The molecular formula is C14H21N3O3. The monoisotopic (exact) mass is 279 g/mol. The minimum absolute atomic E-state index is 0.117. The van der Waals surface area contributed by atoms with E-state index in [1.165, 1.54) is 0 Å². The van der Waals surface area contributed by atoms with Crippen molar-refractivity contribution in [3.05, 3.63) is 29.8 Å². The predicted molar refractivity (Wildman–Crippen MR) is 77.6 cm³/mol. The molecule has 1 rings (SSSR count). The lowest BCUT2D eigenvalue weighted by atomic mass is 10.1. The van der Waals surface area contributed by atoms with Crippen LogP contribution in [0.3, 0.4) is 0 Å². The lowest BCUT2D eigenvalue weighted by Crippen LogP contribution is -2.35. The highest BCUT2D eigenvalue weighted by Gasteiger charge is 2.16. The molecule has 0 spiro atoms. The van der Waals surface area contributed by atoms with Crippen molar-refractivity contribution in [2.24, 2.45) is 5.92 Å². The molecule has 1 aromatic rings. The lowest BCUT2D eigenvalue weighted by Gasteiger charge is -2.14. The predicted octanol–water partition coefficient (Wildman–Crippen LogP) is 1.64. The smallest absolute Gasteiger partial charge is 0.319 e. The third-order valence-electron chi connectivity index (χ3n) is 2.98. The van der Waals surface area contributed by atoms with E-state index in [9.17, 15) is 9.59 Å². The van der Waals surface area contributed by atoms with Gasteiger partial charge >= 0.3 is 12.0 Å². The Balaban J connectivity index is 2.56. The van der Waals surface area contributed by atoms with Gasteiger partial charge in [0.25, 0.3) is 0 Å². The topological polar surface area (TPSA) is 90.5 Å². The zero-order valence-corrected chi connectivity index (χ0v) is 11.8. The number of carboxylic acid groups (broad SMARTS) is 1. The number of amides is 2. The Labute approximate surface area is 118 Å². The maximum atomic E-state index is 11.8. The number of anilines is 1. The highest BCUT2D eigenvalue weighted by atomic mass is 16.4. The number of hydrogen-bond acceptors (Lipinski definition) is 3. The molecule has 0 aliphatic heterocycles. The van der Waals surface area contributed by atoms with Gasteiger partial charge in [-0.15, -0.1) is 0 Å². The van der Waals surface area contributed by atoms with Crippen LogP contribution in [0, 0.1) is 5.92 Å². The number of para-hydroxylation sites is 1. The van der Waals surface area contributed by atoms with E-state index in [0.717, 1.165) is 5.56 Å². The lowest BCUT2D eigenvalue weighted by molar-refractivity contribution is -0.141. The molecule has 0 aliphatic rings. The Kier molecular flexibility index (Phi) is 6.52. The van der Waals surface area contributed by atoms with Crippen LogP contribution in [0.4, 0.5) is 10.5 Å². The Bertz CT molecular complexity index is 463. The van der Waals surface area contributed by atoms with Crippen molar-refractivity contribution < 1.29 is 14.7 Å². The largest absolute Gasteiger partial charge is 0.481 e. The van der Waals surface area contributed by atoms with E-state index >= 15 is 0 Å². The maximum Gasteiger partial charge on any atom is 0.319 e. The van der Waals surface area contributed by atoms with Gasteiger partial charge in [0.1, 0.15) is 0 Å². The highest BCUT2D eigenvalue weighted by molar-refractivity contribution is 5.90. The van der Waals surface area contributed by atoms with Gasteiger partial charge in [-0.3, -0.25) is 4.79 Å². The van der Waals surface area contributed by atoms with E-state index in [-0.39, 0.29) is 6.54 Å². The van der Waals surface area contributed by atoms with Crippen LogP contribution in [0.15, 0.2) is 24.3 Å². The van der Waals surface area contributed by atoms with Crippen molar-refractivity contribution in [2.45, 2.75) is 19.9 Å². The fourth-order valence-corrected chi connectivity index (χ4v) is 1.78. The summed E-state index contributed by atoms with van der Waals surface area (Å²) in [5.74, 6) is -1.46. The second-order valence-electron chi connectivity index (χ2n) is 4.47. The Morgan fingerprint density at radius 2 is 2.00 bits per heavy atom. The molecule has 1 unspecified atom stereocenters. The van der Waals surface area contributed by atoms with Crippen LogP contribution in [0.1, 0.15) is 18.9 Å². The first kappa shape index (κ1) is 16.0. The third kappa shape index (κ3) is 4.89. The maximum absolute atomic E-state index is 11.8. The van der Waals surface area contributed by atoms with Crippen molar-refractivity contribution in [3.8, 4) is 0 Å². The van der Waals surface area contributed by atoms with Gasteiger partial charge in [-0.25, -0.2) is 4.79 Å². The van der Waals surface area contributed by atoms with Crippen LogP contribution in [-0.4, -0.2) is 30.7 Å². The first-order valence-electron chi connectivity index (χ1n) is 6.58. The van der Waals surface area contributed by atoms with Gasteiger partial charge < -0.3 is 21.1 Å². The molecule has 0 fully saturated rings. The van der Waals surface area contributed by atoms with Gasteiger partial charge in [-0.2, -0.15) is 0 Å². The first-order chi connectivity index (χ1) is 9.58. The van der Waals surface area contributed by atoms with Crippen molar-refractivity contribution in [2.75, 3.05) is 18.9 Å². The molecule has 0 aromatic heterocycles. The molecule has 6 heteroatoms. The molecule has 2 amide bonds. The van der Waals surface area contributed by atoms with E-state index in [0.29, 0.717) is 18.7 Å². The van der Waals surface area contributed by atoms with Crippen molar-refractivity contribution in [3.63, 3.8) is 0 Å². The molecule has 0 aliphatic carbocycles. The number of nitrogens with one attached hydrogen (secondary N) is 3. The molecule has 20 heavy (non-hydrogen) atoms. The molecule has 4 N–H and O–H groups in total. The summed E-state index contributed by atoms with van der Waals surface area (Å²) in [5, 5.41) is 17.2. The van der Waals surface area contributed by atoms with Crippen LogP contribution < -0.4 is 16.0 Å². The van der Waals surface area contributed by atoms with Crippen LogP contribution in [-0.2, 0) is 11.3 Å². The number of carboxylic acids is 1. The summed E-state index contributed by atoms with van der Waals surface area (Å²) in [7, 11) is 1.83. The zero-order chi connectivity index (χ0) is 15.0. The normalized spacial score (nSPS) is 11.7.